The van der Waals surface area contributed by atoms with Crippen LogP contribution >= 0.6 is 11.6 Å². The summed E-state index contributed by atoms with van der Waals surface area (Å²) in [6.07, 6.45) is -0.987. The molecule has 1 aliphatic heterocycles. The van der Waals surface area contributed by atoms with Crippen LogP contribution in [0.25, 0.3) is 0 Å². The average Bonchev–Trinajstić information content (AvgIpc) is 2.38. The second kappa shape index (κ2) is 5.25. The van der Waals surface area contributed by atoms with Crippen molar-refractivity contribution in [3.8, 4) is 0 Å². The van der Waals surface area contributed by atoms with Crippen LogP contribution in [0.1, 0.15) is 43.3 Å². The molecular formula is C12H14ClF3N2O. The lowest BCUT2D eigenvalue weighted by molar-refractivity contribution is -0.142. The van der Waals surface area contributed by atoms with E-state index in [2.05, 4.69) is 9.97 Å². The molecule has 1 aromatic heterocycles. The summed E-state index contributed by atoms with van der Waals surface area (Å²) in [5, 5.41) is 0. The van der Waals surface area contributed by atoms with Crippen LogP contribution in [0.15, 0.2) is 6.20 Å². The Labute approximate surface area is 114 Å². The third-order valence-corrected chi connectivity index (χ3v) is 3.51. The topological polar surface area (TPSA) is 35.0 Å². The zero-order valence-corrected chi connectivity index (χ0v) is 11.2. The molecule has 0 bridgehead atoms. The van der Waals surface area contributed by atoms with Gasteiger partial charge in [0.25, 0.3) is 0 Å². The van der Waals surface area contributed by atoms with Crippen LogP contribution in [0.3, 0.4) is 0 Å². The van der Waals surface area contributed by atoms with Gasteiger partial charge in [-0.15, -0.1) is 11.6 Å². The predicted octanol–water partition coefficient (Wildman–Crippen LogP) is 3.65. The average molecular weight is 295 g/mol. The maximum absolute atomic E-state index is 12.9. The number of alkyl halides is 4. The van der Waals surface area contributed by atoms with Crippen molar-refractivity contribution in [2.75, 3.05) is 6.61 Å². The van der Waals surface area contributed by atoms with E-state index in [1.165, 1.54) is 0 Å². The summed E-state index contributed by atoms with van der Waals surface area (Å²) in [5.74, 6) is -0.194. The first-order chi connectivity index (χ1) is 8.87. The number of halogens is 4. The summed E-state index contributed by atoms with van der Waals surface area (Å²) >= 11 is 5.50. The molecule has 1 aliphatic rings. The Morgan fingerprint density at radius 2 is 2.16 bits per heavy atom. The van der Waals surface area contributed by atoms with Crippen molar-refractivity contribution in [3.63, 3.8) is 0 Å². The van der Waals surface area contributed by atoms with Crippen LogP contribution in [0, 0.1) is 0 Å². The standard InChI is InChI=1S/C12H14ClF3N2O/c1-11(4-2-3-5-19-11)10-17-7-8(6-13)9(18-10)12(14,15)16/h7H,2-6H2,1H3. The summed E-state index contributed by atoms with van der Waals surface area (Å²) in [6, 6.07) is 0. The summed E-state index contributed by atoms with van der Waals surface area (Å²) in [7, 11) is 0. The van der Waals surface area contributed by atoms with Gasteiger partial charge < -0.3 is 4.74 Å². The molecule has 0 saturated carbocycles. The van der Waals surface area contributed by atoms with Gasteiger partial charge in [-0.3, -0.25) is 0 Å². The molecule has 106 valence electrons. The fraction of sp³-hybridized carbons (Fsp3) is 0.667. The van der Waals surface area contributed by atoms with Gasteiger partial charge >= 0.3 is 6.18 Å². The third-order valence-electron chi connectivity index (χ3n) is 3.22. The normalized spacial score (nSPS) is 24.5. The molecule has 2 heterocycles. The highest BCUT2D eigenvalue weighted by Crippen LogP contribution is 2.36. The van der Waals surface area contributed by atoms with Gasteiger partial charge in [0.1, 0.15) is 5.60 Å². The lowest BCUT2D eigenvalue weighted by Gasteiger charge is -2.32. The van der Waals surface area contributed by atoms with Gasteiger partial charge in [-0.1, -0.05) is 0 Å². The number of hydrogen-bond acceptors (Lipinski definition) is 3. The largest absolute Gasteiger partial charge is 0.433 e. The Hall–Kier alpha value is -0.880. The molecule has 1 atom stereocenters. The first-order valence-electron chi connectivity index (χ1n) is 6.00. The monoisotopic (exact) mass is 294 g/mol. The maximum atomic E-state index is 12.9. The zero-order chi connectivity index (χ0) is 14.1. The van der Waals surface area contributed by atoms with E-state index < -0.39 is 17.5 Å². The van der Waals surface area contributed by atoms with Gasteiger partial charge in [-0.25, -0.2) is 9.97 Å². The minimum absolute atomic E-state index is 0.0772. The van der Waals surface area contributed by atoms with Crippen LogP contribution in [-0.4, -0.2) is 16.6 Å². The lowest BCUT2D eigenvalue weighted by Crippen LogP contribution is -2.33. The van der Waals surface area contributed by atoms with E-state index >= 15 is 0 Å². The van der Waals surface area contributed by atoms with Crippen molar-refractivity contribution in [2.45, 2.75) is 43.8 Å². The third kappa shape index (κ3) is 3.00. The van der Waals surface area contributed by atoms with Crippen LogP contribution in [0.2, 0.25) is 0 Å². The Balaban J connectivity index is 2.43. The van der Waals surface area contributed by atoms with E-state index in [1.807, 2.05) is 0 Å². The Bertz CT molecular complexity index is 459. The first-order valence-corrected chi connectivity index (χ1v) is 6.54. The molecule has 0 N–H and O–H groups in total. The van der Waals surface area contributed by atoms with Crippen molar-refractivity contribution < 1.29 is 17.9 Å². The molecule has 0 aromatic carbocycles. The highest BCUT2D eigenvalue weighted by Gasteiger charge is 2.39. The number of aromatic nitrogens is 2. The van der Waals surface area contributed by atoms with Crippen molar-refractivity contribution in [1.29, 1.82) is 0 Å². The van der Waals surface area contributed by atoms with E-state index in [0.717, 1.165) is 19.0 Å². The van der Waals surface area contributed by atoms with Crippen LogP contribution in [-0.2, 0) is 22.4 Å². The van der Waals surface area contributed by atoms with Crippen LogP contribution in [0.5, 0.6) is 0 Å². The van der Waals surface area contributed by atoms with Crippen molar-refractivity contribution in [2.24, 2.45) is 0 Å². The molecule has 3 nitrogen and oxygen atoms in total. The number of nitrogens with zero attached hydrogens (tertiary/aromatic N) is 2. The zero-order valence-electron chi connectivity index (χ0n) is 10.4. The van der Waals surface area contributed by atoms with E-state index in [9.17, 15) is 13.2 Å². The smallest absolute Gasteiger partial charge is 0.367 e. The Kier molecular flexibility index (Phi) is 4.01. The molecular weight excluding hydrogens is 281 g/mol. The molecule has 0 spiro atoms. The van der Waals surface area contributed by atoms with E-state index in [4.69, 9.17) is 16.3 Å². The highest BCUT2D eigenvalue weighted by atomic mass is 35.5. The summed E-state index contributed by atoms with van der Waals surface area (Å²) in [4.78, 5) is 7.66. The van der Waals surface area contributed by atoms with E-state index in [0.29, 0.717) is 13.0 Å². The Morgan fingerprint density at radius 3 is 2.68 bits per heavy atom. The molecule has 1 fully saturated rings. The molecule has 1 aromatic rings. The second-order valence-electron chi connectivity index (χ2n) is 4.74. The molecule has 7 heteroatoms. The fourth-order valence-corrected chi connectivity index (χ4v) is 2.31. The number of ether oxygens (including phenoxy) is 1. The molecule has 1 unspecified atom stereocenters. The molecule has 0 amide bonds. The summed E-state index contributed by atoms with van der Waals surface area (Å²) < 4.78 is 44.3. The fourth-order valence-electron chi connectivity index (χ4n) is 2.12. The van der Waals surface area contributed by atoms with Crippen molar-refractivity contribution >= 4 is 11.6 Å². The van der Waals surface area contributed by atoms with Crippen molar-refractivity contribution in [3.05, 3.63) is 23.3 Å². The predicted molar refractivity (Wildman–Crippen MR) is 63.7 cm³/mol. The van der Waals surface area contributed by atoms with Gasteiger partial charge in [0.15, 0.2) is 11.5 Å². The molecule has 0 aliphatic carbocycles. The first kappa shape index (κ1) is 14.5. The molecule has 2 rings (SSSR count). The SMILES string of the molecule is CC1(c2ncc(CCl)c(C(F)(F)F)n2)CCCCO1. The Morgan fingerprint density at radius 1 is 1.42 bits per heavy atom. The molecule has 1 saturated heterocycles. The van der Waals surface area contributed by atoms with E-state index in [1.54, 1.807) is 6.92 Å². The number of hydrogen-bond donors (Lipinski definition) is 0. The van der Waals surface area contributed by atoms with Crippen LogP contribution < -0.4 is 0 Å². The van der Waals surface area contributed by atoms with Gasteiger partial charge in [0.2, 0.25) is 0 Å². The van der Waals surface area contributed by atoms with Crippen molar-refractivity contribution in [1.82, 2.24) is 9.97 Å². The van der Waals surface area contributed by atoms with Gasteiger partial charge in [-0.05, 0) is 26.2 Å². The summed E-state index contributed by atoms with van der Waals surface area (Å²) in [6.45, 7) is 2.24. The van der Waals surface area contributed by atoms with Crippen LogP contribution in [0.4, 0.5) is 13.2 Å². The number of rotatable bonds is 2. The van der Waals surface area contributed by atoms with Gasteiger partial charge in [-0.2, -0.15) is 13.2 Å². The van der Waals surface area contributed by atoms with Gasteiger partial charge in [0.05, 0.1) is 5.88 Å². The highest BCUT2D eigenvalue weighted by molar-refractivity contribution is 6.17. The minimum Gasteiger partial charge on any atom is -0.367 e. The van der Waals surface area contributed by atoms with E-state index in [-0.39, 0.29) is 17.3 Å². The molecule has 0 radical (unpaired) electrons. The maximum Gasteiger partial charge on any atom is 0.433 e. The van der Waals surface area contributed by atoms with Gasteiger partial charge in [0, 0.05) is 18.4 Å². The minimum atomic E-state index is -4.53. The quantitative estimate of drug-likeness (QED) is 0.781. The summed E-state index contributed by atoms with van der Waals surface area (Å²) in [5.41, 5.74) is -1.93. The second-order valence-corrected chi connectivity index (χ2v) is 5.00. The molecule has 19 heavy (non-hydrogen) atoms. The lowest BCUT2D eigenvalue weighted by atomic mass is 9.95.